The lowest BCUT2D eigenvalue weighted by Crippen LogP contribution is -2.64. The molecule has 12 heteroatoms. The van der Waals surface area contributed by atoms with Gasteiger partial charge in [-0.3, -0.25) is 14.6 Å². The van der Waals surface area contributed by atoms with Gasteiger partial charge in [-0.05, 0) is 67.5 Å². The standard InChI is InChI=1S/C29H28ClF3N6O2/c30-17-9-21(25(26(32)33)36-11-17)27(40)37-20-5-1-16(2-6-20)13-39-23-10-18(31)3-7-22(23)29(28(39)41)14-38(15-29)24-8-4-19(34)12-35-24/h3-4,7-12,16,20,26H,1-2,5-6,13-15,34H2,(H,37,40)/t16-,20-. The summed E-state index contributed by atoms with van der Waals surface area (Å²) in [4.78, 5) is 38.3. The molecule has 6 rings (SSSR count). The molecule has 0 atom stereocenters. The number of carbonyl (C=O) groups is 2. The number of alkyl halides is 2. The minimum atomic E-state index is -2.90. The van der Waals surface area contributed by atoms with Crippen molar-refractivity contribution >= 4 is 40.6 Å². The molecule has 214 valence electrons. The summed E-state index contributed by atoms with van der Waals surface area (Å²) in [6.07, 6.45) is 2.43. The number of aromatic nitrogens is 2. The fraction of sp³-hybridized carbons (Fsp3) is 0.379. The van der Waals surface area contributed by atoms with E-state index < -0.39 is 29.3 Å². The number of nitrogens with zero attached hydrogens (tertiary/aromatic N) is 4. The minimum absolute atomic E-state index is 0.0480. The Morgan fingerprint density at radius 1 is 1.10 bits per heavy atom. The van der Waals surface area contributed by atoms with Crippen LogP contribution < -0.4 is 20.9 Å². The molecular weight excluding hydrogens is 557 g/mol. The van der Waals surface area contributed by atoms with Crippen LogP contribution in [0.1, 0.15) is 53.7 Å². The van der Waals surface area contributed by atoms with Crippen molar-refractivity contribution in [2.75, 3.05) is 35.2 Å². The Bertz CT molecular complexity index is 1490. The van der Waals surface area contributed by atoms with Crippen LogP contribution in [0.3, 0.4) is 0 Å². The van der Waals surface area contributed by atoms with E-state index in [9.17, 15) is 22.8 Å². The largest absolute Gasteiger partial charge is 0.397 e. The van der Waals surface area contributed by atoms with E-state index in [4.69, 9.17) is 17.3 Å². The fourth-order valence-electron chi connectivity index (χ4n) is 6.27. The molecule has 2 aliphatic heterocycles. The van der Waals surface area contributed by atoms with Crippen LogP contribution in [-0.4, -0.2) is 47.5 Å². The molecule has 1 spiro atoms. The summed E-state index contributed by atoms with van der Waals surface area (Å²) in [6.45, 7) is 1.32. The number of nitrogens with one attached hydrogen (secondary N) is 1. The number of benzene rings is 1. The molecule has 1 saturated heterocycles. The molecule has 2 fully saturated rings. The number of hydrogen-bond acceptors (Lipinski definition) is 6. The van der Waals surface area contributed by atoms with Gasteiger partial charge in [0.05, 0.1) is 28.2 Å². The molecule has 1 saturated carbocycles. The van der Waals surface area contributed by atoms with E-state index in [1.165, 1.54) is 18.2 Å². The molecular formula is C29H28ClF3N6O2. The van der Waals surface area contributed by atoms with Crippen LogP contribution in [0.25, 0.3) is 0 Å². The van der Waals surface area contributed by atoms with E-state index >= 15 is 0 Å². The van der Waals surface area contributed by atoms with Crippen molar-refractivity contribution in [2.45, 2.75) is 43.6 Å². The molecule has 3 aliphatic rings. The van der Waals surface area contributed by atoms with Gasteiger partial charge >= 0.3 is 0 Å². The maximum absolute atomic E-state index is 14.3. The number of carbonyl (C=O) groups excluding carboxylic acids is 2. The smallest absolute Gasteiger partial charge is 0.281 e. The van der Waals surface area contributed by atoms with Crippen molar-refractivity contribution in [3.63, 3.8) is 0 Å². The minimum Gasteiger partial charge on any atom is -0.397 e. The second kappa shape index (κ2) is 10.5. The third-order valence-electron chi connectivity index (χ3n) is 8.40. The van der Waals surface area contributed by atoms with Crippen LogP contribution in [0, 0.1) is 11.7 Å². The van der Waals surface area contributed by atoms with Gasteiger partial charge in [0.1, 0.15) is 22.7 Å². The zero-order valence-electron chi connectivity index (χ0n) is 22.0. The normalized spacial score (nSPS) is 21.2. The number of rotatable bonds is 6. The molecule has 3 aromatic rings. The SMILES string of the molecule is Nc1ccc(N2CC3(C2)C(=O)N(C[C@H]2CC[C@H](NC(=O)c4cc(Cl)cnc4C(F)F)CC2)c2cc(F)ccc23)nc1. The van der Waals surface area contributed by atoms with E-state index in [2.05, 4.69) is 15.3 Å². The fourth-order valence-corrected chi connectivity index (χ4v) is 6.43. The summed E-state index contributed by atoms with van der Waals surface area (Å²) in [7, 11) is 0. The molecule has 1 aromatic carbocycles. The summed E-state index contributed by atoms with van der Waals surface area (Å²) in [5.41, 5.74) is 6.14. The lowest BCUT2D eigenvalue weighted by molar-refractivity contribution is -0.124. The van der Waals surface area contributed by atoms with Crippen LogP contribution in [0.2, 0.25) is 5.02 Å². The van der Waals surface area contributed by atoms with Crippen LogP contribution in [0.4, 0.5) is 30.4 Å². The topological polar surface area (TPSA) is 104 Å². The van der Waals surface area contributed by atoms with Crippen molar-refractivity contribution in [1.29, 1.82) is 0 Å². The molecule has 3 N–H and O–H groups in total. The number of hydrogen-bond donors (Lipinski definition) is 2. The first kappa shape index (κ1) is 27.3. The Labute approximate surface area is 239 Å². The molecule has 0 bridgehead atoms. The number of anilines is 3. The second-order valence-corrected chi connectivity index (χ2v) is 11.5. The molecule has 0 radical (unpaired) electrons. The van der Waals surface area contributed by atoms with Crippen LogP contribution in [0.5, 0.6) is 0 Å². The van der Waals surface area contributed by atoms with Gasteiger partial charge in [0.2, 0.25) is 5.91 Å². The van der Waals surface area contributed by atoms with Crippen LogP contribution >= 0.6 is 11.6 Å². The lowest BCUT2D eigenvalue weighted by Gasteiger charge is -2.47. The first-order valence-electron chi connectivity index (χ1n) is 13.5. The number of pyridine rings is 2. The molecule has 41 heavy (non-hydrogen) atoms. The number of nitrogen functional groups attached to an aromatic ring is 1. The van der Waals surface area contributed by atoms with Crippen molar-refractivity contribution in [3.8, 4) is 0 Å². The predicted octanol–water partition coefficient (Wildman–Crippen LogP) is 4.88. The zero-order chi connectivity index (χ0) is 28.9. The summed E-state index contributed by atoms with van der Waals surface area (Å²) < 4.78 is 41.1. The van der Waals surface area contributed by atoms with E-state index in [0.29, 0.717) is 56.7 Å². The summed E-state index contributed by atoms with van der Waals surface area (Å²) in [6, 6.07) is 9.11. The summed E-state index contributed by atoms with van der Waals surface area (Å²) >= 11 is 5.89. The highest BCUT2D eigenvalue weighted by Crippen LogP contribution is 2.49. The molecule has 4 heterocycles. The molecule has 0 unspecified atom stereocenters. The first-order chi connectivity index (χ1) is 19.6. The van der Waals surface area contributed by atoms with E-state index in [-0.39, 0.29) is 28.5 Å². The maximum Gasteiger partial charge on any atom is 0.281 e. The number of fused-ring (bicyclic) bond motifs is 2. The van der Waals surface area contributed by atoms with Gasteiger partial charge in [0.15, 0.2) is 0 Å². The average Bonchev–Trinajstić information content (AvgIpc) is 3.16. The molecule has 1 aliphatic carbocycles. The Balaban J connectivity index is 1.11. The van der Waals surface area contributed by atoms with Crippen LogP contribution in [0.15, 0.2) is 48.8 Å². The predicted molar refractivity (Wildman–Crippen MR) is 149 cm³/mol. The number of amides is 2. The zero-order valence-corrected chi connectivity index (χ0v) is 22.8. The highest BCUT2D eigenvalue weighted by Gasteiger charge is 2.58. The second-order valence-electron chi connectivity index (χ2n) is 11.0. The third-order valence-corrected chi connectivity index (χ3v) is 8.60. The van der Waals surface area contributed by atoms with Gasteiger partial charge in [-0.25, -0.2) is 18.2 Å². The van der Waals surface area contributed by atoms with E-state index in [1.807, 2.05) is 11.0 Å². The summed E-state index contributed by atoms with van der Waals surface area (Å²) in [5, 5.41) is 2.94. The Morgan fingerprint density at radius 3 is 2.54 bits per heavy atom. The highest BCUT2D eigenvalue weighted by molar-refractivity contribution is 6.30. The van der Waals surface area contributed by atoms with Gasteiger partial charge in [-0.1, -0.05) is 17.7 Å². The van der Waals surface area contributed by atoms with Crippen molar-refractivity contribution in [1.82, 2.24) is 15.3 Å². The average molecular weight is 585 g/mol. The number of nitrogens with two attached hydrogens (primary N) is 1. The monoisotopic (exact) mass is 584 g/mol. The van der Waals surface area contributed by atoms with E-state index in [0.717, 1.165) is 17.6 Å². The van der Waals surface area contributed by atoms with Gasteiger partial charge in [-0.2, -0.15) is 0 Å². The van der Waals surface area contributed by atoms with Crippen molar-refractivity contribution < 1.29 is 22.8 Å². The maximum atomic E-state index is 14.3. The molecule has 2 amide bonds. The quantitative estimate of drug-likeness (QED) is 0.428. The van der Waals surface area contributed by atoms with E-state index in [1.54, 1.807) is 23.2 Å². The van der Waals surface area contributed by atoms with Crippen LogP contribution in [-0.2, 0) is 10.2 Å². The van der Waals surface area contributed by atoms with Crippen molar-refractivity contribution in [2.24, 2.45) is 5.92 Å². The number of halogens is 4. The molecule has 8 nitrogen and oxygen atoms in total. The lowest BCUT2D eigenvalue weighted by atomic mass is 9.74. The Kier molecular flexibility index (Phi) is 7.01. The Hall–Kier alpha value is -3.86. The van der Waals surface area contributed by atoms with Gasteiger partial charge < -0.3 is 20.9 Å². The van der Waals surface area contributed by atoms with Gasteiger partial charge in [-0.15, -0.1) is 0 Å². The highest BCUT2D eigenvalue weighted by atomic mass is 35.5. The van der Waals surface area contributed by atoms with Gasteiger partial charge in [0, 0.05) is 31.9 Å². The van der Waals surface area contributed by atoms with Gasteiger partial charge in [0.25, 0.3) is 12.3 Å². The summed E-state index contributed by atoms with van der Waals surface area (Å²) in [5.74, 6) is -0.217. The van der Waals surface area contributed by atoms with Crippen molar-refractivity contribution in [3.05, 3.63) is 76.5 Å². The first-order valence-corrected chi connectivity index (χ1v) is 13.9. The Morgan fingerprint density at radius 2 is 1.85 bits per heavy atom. The third kappa shape index (κ3) is 4.96. The molecule has 2 aromatic heterocycles.